The average molecular weight is 348 g/mol. The van der Waals surface area contributed by atoms with Crippen LogP contribution in [0.2, 0.25) is 0 Å². The molecule has 0 aromatic heterocycles. The zero-order valence-electron chi connectivity index (χ0n) is 14.6. The van der Waals surface area contributed by atoms with E-state index >= 15 is 0 Å². The normalized spacial score (nSPS) is 18.8. The Labute approximate surface area is 152 Å². The fraction of sp³-hybridized carbons (Fsp3) is 0.286. The zero-order chi connectivity index (χ0) is 18.3. The summed E-state index contributed by atoms with van der Waals surface area (Å²) < 4.78 is 0. The van der Waals surface area contributed by atoms with Gasteiger partial charge in [0.2, 0.25) is 11.8 Å². The summed E-state index contributed by atoms with van der Waals surface area (Å²) in [5.41, 5.74) is 4.94. The molecule has 2 aromatic rings. The van der Waals surface area contributed by atoms with E-state index in [0.717, 1.165) is 23.2 Å². The number of fused-ring (bicyclic) bond motifs is 1. The van der Waals surface area contributed by atoms with Crippen molar-refractivity contribution in [3.63, 3.8) is 0 Å². The number of carbonyl (C=O) groups excluding carboxylic acids is 3. The molecule has 5 nitrogen and oxygen atoms in total. The highest BCUT2D eigenvalue weighted by Crippen LogP contribution is 2.30. The predicted octanol–water partition coefficient (Wildman–Crippen LogP) is 2.40. The molecule has 0 unspecified atom stereocenters. The molecule has 2 aliphatic heterocycles. The Bertz CT molecular complexity index is 902. The summed E-state index contributed by atoms with van der Waals surface area (Å²) >= 11 is 0. The van der Waals surface area contributed by atoms with Crippen LogP contribution in [0.4, 0.5) is 5.69 Å². The molecular formula is C21H20N2O3. The number of rotatable bonds is 3. The quantitative estimate of drug-likeness (QED) is 0.866. The zero-order valence-corrected chi connectivity index (χ0v) is 14.6. The second-order valence-electron chi connectivity index (χ2n) is 7.05. The van der Waals surface area contributed by atoms with Crippen LogP contribution in [-0.2, 0) is 22.4 Å². The summed E-state index contributed by atoms with van der Waals surface area (Å²) in [6.45, 7) is 2.73. The van der Waals surface area contributed by atoms with E-state index < -0.39 is 0 Å². The lowest BCUT2D eigenvalue weighted by Gasteiger charge is -2.18. The number of nitrogens with one attached hydrogen (secondary N) is 1. The SMILES string of the molecule is Cc1ccc2c(c1)N(C(=O)c1ccc(C[C@@H]3CC(=O)NC3=O)cc1)CC2. The minimum absolute atomic E-state index is 0.00492. The van der Waals surface area contributed by atoms with E-state index in [1.807, 2.05) is 24.0 Å². The van der Waals surface area contributed by atoms with E-state index in [2.05, 4.69) is 23.5 Å². The van der Waals surface area contributed by atoms with Gasteiger partial charge in [0.05, 0.1) is 5.92 Å². The first kappa shape index (κ1) is 16.5. The van der Waals surface area contributed by atoms with Gasteiger partial charge >= 0.3 is 0 Å². The Balaban J connectivity index is 1.49. The maximum atomic E-state index is 12.9. The van der Waals surface area contributed by atoms with Crippen molar-refractivity contribution in [2.45, 2.75) is 26.2 Å². The molecule has 2 heterocycles. The summed E-state index contributed by atoms with van der Waals surface area (Å²) in [6.07, 6.45) is 1.63. The van der Waals surface area contributed by atoms with E-state index in [1.165, 1.54) is 5.56 Å². The number of anilines is 1. The van der Waals surface area contributed by atoms with E-state index in [0.29, 0.717) is 18.5 Å². The van der Waals surface area contributed by atoms with Crippen LogP contribution in [0.3, 0.4) is 0 Å². The predicted molar refractivity (Wildman–Crippen MR) is 98.0 cm³/mol. The van der Waals surface area contributed by atoms with Crippen molar-refractivity contribution in [2.24, 2.45) is 5.92 Å². The van der Waals surface area contributed by atoms with Crippen molar-refractivity contribution in [2.75, 3.05) is 11.4 Å². The number of benzene rings is 2. The maximum absolute atomic E-state index is 12.9. The van der Waals surface area contributed by atoms with Crippen LogP contribution in [0.15, 0.2) is 42.5 Å². The molecule has 1 atom stereocenters. The Morgan fingerprint density at radius 3 is 2.62 bits per heavy atom. The molecule has 3 amide bonds. The van der Waals surface area contributed by atoms with Gasteiger partial charge in [0.1, 0.15) is 0 Å². The molecule has 2 aliphatic rings. The van der Waals surface area contributed by atoms with E-state index in [-0.39, 0.29) is 30.1 Å². The molecule has 0 aliphatic carbocycles. The Morgan fingerprint density at radius 2 is 1.92 bits per heavy atom. The van der Waals surface area contributed by atoms with Crippen LogP contribution >= 0.6 is 0 Å². The molecule has 0 saturated carbocycles. The lowest BCUT2D eigenvalue weighted by Crippen LogP contribution is -2.28. The summed E-state index contributed by atoms with van der Waals surface area (Å²) in [5.74, 6) is -0.735. The van der Waals surface area contributed by atoms with Crippen LogP contribution in [0, 0.1) is 12.8 Å². The second kappa shape index (κ2) is 6.41. The van der Waals surface area contributed by atoms with E-state index in [9.17, 15) is 14.4 Å². The van der Waals surface area contributed by atoms with Crippen molar-refractivity contribution in [3.8, 4) is 0 Å². The first-order valence-electron chi connectivity index (χ1n) is 8.85. The van der Waals surface area contributed by atoms with Crippen LogP contribution in [0.1, 0.15) is 33.5 Å². The number of nitrogens with zero attached hydrogens (tertiary/aromatic N) is 1. The Morgan fingerprint density at radius 1 is 1.15 bits per heavy atom. The number of hydrogen-bond donors (Lipinski definition) is 1. The molecule has 0 radical (unpaired) electrons. The van der Waals surface area contributed by atoms with Gasteiger partial charge in [-0.3, -0.25) is 19.7 Å². The monoisotopic (exact) mass is 348 g/mol. The highest BCUT2D eigenvalue weighted by atomic mass is 16.2. The van der Waals surface area contributed by atoms with Gasteiger partial charge in [-0.1, -0.05) is 24.3 Å². The van der Waals surface area contributed by atoms with Crippen LogP contribution in [0.5, 0.6) is 0 Å². The van der Waals surface area contributed by atoms with Gasteiger partial charge in [0.25, 0.3) is 5.91 Å². The number of imide groups is 1. The molecule has 1 saturated heterocycles. The van der Waals surface area contributed by atoms with Gasteiger partial charge in [-0.05, 0) is 54.7 Å². The third-order valence-corrected chi connectivity index (χ3v) is 5.13. The fourth-order valence-electron chi connectivity index (χ4n) is 3.70. The van der Waals surface area contributed by atoms with Gasteiger partial charge in [0, 0.05) is 24.2 Å². The minimum atomic E-state index is -0.308. The molecule has 26 heavy (non-hydrogen) atoms. The fourth-order valence-corrected chi connectivity index (χ4v) is 3.70. The first-order valence-corrected chi connectivity index (χ1v) is 8.85. The third kappa shape index (κ3) is 3.01. The number of hydrogen-bond acceptors (Lipinski definition) is 3. The summed E-state index contributed by atoms with van der Waals surface area (Å²) in [5, 5.41) is 2.33. The molecule has 0 bridgehead atoms. The van der Waals surface area contributed by atoms with Gasteiger partial charge in [-0.25, -0.2) is 0 Å². The topological polar surface area (TPSA) is 66.5 Å². The van der Waals surface area contributed by atoms with Crippen LogP contribution in [-0.4, -0.2) is 24.3 Å². The van der Waals surface area contributed by atoms with Crippen molar-refractivity contribution in [1.82, 2.24) is 5.32 Å². The van der Waals surface area contributed by atoms with Gasteiger partial charge in [0.15, 0.2) is 0 Å². The molecule has 0 spiro atoms. The average Bonchev–Trinajstić information content (AvgIpc) is 3.17. The van der Waals surface area contributed by atoms with Crippen molar-refractivity contribution in [1.29, 1.82) is 0 Å². The number of carbonyl (C=O) groups is 3. The molecule has 2 aromatic carbocycles. The highest BCUT2D eigenvalue weighted by Gasteiger charge is 2.30. The van der Waals surface area contributed by atoms with Crippen LogP contribution < -0.4 is 10.2 Å². The second-order valence-corrected chi connectivity index (χ2v) is 7.05. The Hall–Kier alpha value is -2.95. The maximum Gasteiger partial charge on any atom is 0.258 e. The molecule has 132 valence electrons. The van der Waals surface area contributed by atoms with Crippen LogP contribution in [0.25, 0.3) is 0 Å². The minimum Gasteiger partial charge on any atom is -0.308 e. The highest BCUT2D eigenvalue weighted by molar-refractivity contribution is 6.07. The van der Waals surface area contributed by atoms with Crippen molar-refractivity contribution in [3.05, 3.63) is 64.7 Å². The van der Waals surface area contributed by atoms with Gasteiger partial charge < -0.3 is 4.90 Å². The van der Waals surface area contributed by atoms with Gasteiger partial charge in [-0.15, -0.1) is 0 Å². The van der Waals surface area contributed by atoms with Crippen molar-refractivity contribution >= 4 is 23.4 Å². The van der Waals surface area contributed by atoms with E-state index in [1.54, 1.807) is 12.1 Å². The molecule has 1 fully saturated rings. The summed E-state index contributed by atoms with van der Waals surface area (Å²) in [6, 6.07) is 13.6. The largest absolute Gasteiger partial charge is 0.308 e. The summed E-state index contributed by atoms with van der Waals surface area (Å²) in [4.78, 5) is 37.7. The standard InChI is InChI=1S/C21H20N2O3/c1-13-2-5-15-8-9-23(18(15)10-13)21(26)16-6-3-14(4-7-16)11-17-12-19(24)22-20(17)25/h2-7,10,17H,8-9,11-12H2,1H3,(H,22,24,25)/t17-/m1/s1. The summed E-state index contributed by atoms with van der Waals surface area (Å²) in [7, 11) is 0. The molecule has 1 N–H and O–H groups in total. The molecular weight excluding hydrogens is 328 g/mol. The molecule has 4 rings (SSSR count). The van der Waals surface area contributed by atoms with Crippen molar-refractivity contribution < 1.29 is 14.4 Å². The van der Waals surface area contributed by atoms with Gasteiger partial charge in [-0.2, -0.15) is 0 Å². The lowest BCUT2D eigenvalue weighted by atomic mass is 9.97. The smallest absolute Gasteiger partial charge is 0.258 e. The molecule has 5 heteroatoms. The Kier molecular flexibility index (Phi) is 4.07. The number of aryl methyl sites for hydroxylation is 1. The number of amides is 3. The van der Waals surface area contributed by atoms with E-state index in [4.69, 9.17) is 0 Å². The third-order valence-electron chi connectivity index (χ3n) is 5.13. The first-order chi connectivity index (χ1) is 12.5. The lowest BCUT2D eigenvalue weighted by molar-refractivity contribution is -0.125.